The number of nitrogens with zero attached hydrogens (tertiary/aromatic N) is 3. The van der Waals surface area contributed by atoms with E-state index in [0.29, 0.717) is 26.3 Å². The highest BCUT2D eigenvalue weighted by atomic mass is 16.5. The van der Waals surface area contributed by atoms with Crippen LogP contribution in [0.4, 0.5) is 5.82 Å². The molecular formula is C14H19N3O2. The van der Waals surface area contributed by atoms with E-state index in [1.807, 2.05) is 11.0 Å². The van der Waals surface area contributed by atoms with Gasteiger partial charge in [0.05, 0.1) is 13.2 Å². The summed E-state index contributed by atoms with van der Waals surface area (Å²) < 4.78 is 5.28. The zero-order valence-corrected chi connectivity index (χ0v) is 11.0. The number of pyridine rings is 1. The van der Waals surface area contributed by atoms with E-state index in [1.54, 1.807) is 12.3 Å². The van der Waals surface area contributed by atoms with Crippen molar-refractivity contribution in [2.24, 2.45) is 0 Å². The van der Waals surface area contributed by atoms with E-state index in [-0.39, 0.29) is 5.91 Å². The van der Waals surface area contributed by atoms with Crippen LogP contribution in [-0.2, 0) is 4.74 Å². The smallest absolute Gasteiger partial charge is 0.254 e. The van der Waals surface area contributed by atoms with Gasteiger partial charge in [-0.3, -0.25) is 4.79 Å². The average molecular weight is 261 g/mol. The first kappa shape index (κ1) is 12.4. The van der Waals surface area contributed by atoms with Gasteiger partial charge in [0.1, 0.15) is 5.82 Å². The molecule has 1 amide bonds. The molecule has 0 unspecified atom stereocenters. The second-order valence-corrected chi connectivity index (χ2v) is 5.00. The second kappa shape index (κ2) is 5.57. The molecule has 0 aromatic carbocycles. The molecule has 2 saturated heterocycles. The topological polar surface area (TPSA) is 45.7 Å². The van der Waals surface area contributed by atoms with Crippen LogP contribution in [-0.4, -0.2) is 55.2 Å². The fraction of sp³-hybridized carbons (Fsp3) is 0.571. The molecule has 2 aliphatic heterocycles. The van der Waals surface area contributed by atoms with Gasteiger partial charge in [0.25, 0.3) is 5.91 Å². The second-order valence-electron chi connectivity index (χ2n) is 5.00. The Hall–Kier alpha value is -1.62. The number of ether oxygens (including phenoxy) is 1. The van der Waals surface area contributed by atoms with Crippen molar-refractivity contribution >= 4 is 11.7 Å². The largest absolute Gasteiger partial charge is 0.378 e. The fourth-order valence-electron chi connectivity index (χ4n) is 2.62. The third-order valence-electron chi connectivity index (χ3n) is 3.72. The predicted octanol–water partition coefficient (Wildman–Crippen LogP) is 1.15. The Morgan fingerprint density at radius 1 is 1.16 bits per heavy atom. The van der Waals surface area contributed by atoms with Gasteiger partial charge in [0.15, 0.2) is 0 Å². The maximum absolute atomic E-state index is 12.4. The lowest BCUT2D eigenvalue weighted by Crippen LogP contribution is -2.40. The number of anilines is 1. The summed E-state index contributed by atoms with van der Waals surface area (Å²) in [5.41, 5.74) is 0.735. The van der Waals surface area contributed by atoms with Gasteiger partial charge in [-0.25, -0.2) is 4.98 Å². The highest BCUT2D eigenvalue weighted by Gasteiger charge is 2.20. The molecule has 0 saturated carbocycles. The van der Waals surface area contributed by atoms with Crippen molar-refractivity contribution < 1.29 is 9.53 Å². The molecule has 2 fully saturated rings. The van der Waals surface area contributed by atoms with Crippen molar-refractivity contribution in [3.8, 4) is 0 Å². The highest BCUT2D eigenvalue weighted by Crippen LogP contribution is 2.19. The molecule has 1 aromatic rings. The first-order valence-corrected chi connectivity index (χ1v) is 6.92. The summed E-state index contributed by atoms with van der Waals surface area (Å²) in [4.78, 5) is 20.9. The Morgan fingerprint density at radius 2 is 1.89 bits per heavy atom. The van der Waals surface area contributed by atoms with Crippen molar-refractivity contribution in [2.75, 3.05) is 44.3 Å². The van der Waals surface area contributed by atoms with Crippen LogP contribution in [0.2, 0.25) is 0 Å². The summed E-state index contributed by atoms with van der Waals surface area (Å²) in [6.45, 7) is 4.72. The van der Waals surface area contributed by atoms with Crippen LogP contribution in [0.1, 0.15) is 23.2 Å². The number of morpholine rings is 1. The zero-order valence-electron chi connectivity index (χ0n) is 11.0. The Morgan fingerprint density at radius 3 is 2.63 bits per heavy atom. The zero-order chi connectivity index (χ0) is 13.1. The van der Waals surface area contributed by atoms with Gasteiger partial charge in [-0.1, -0.05) is 0 Å². The molecule has 1 aromatic heterocycles. The fourth-order valence-corrected chi connectivity index (χ4v) is 2.62. The molecule has 0 radical (unpaired) electrons. The van der Waals surface area contributed by atoms with E-state index < -0.39 is 0 Å². The molecule has 0 spiro atoms. The van der Waals surface area contributed by atoms with Gasteiger partial charge >= 0.3 is 0 Å². The van der Waals surface area contributed by atoms with Crippen molar-refractivity contribution in [2.45, 2.75) is 12.8 Å². The van der Waals surface area contributed by atoms with E-state index in [1.165, 1.54) is 12.8 Å². The van der Waals surface area contributed by atoms with Crippen LogP contribution >= 0.6 is 0 Å². The summed E-state index contributed by atoms with van der Waals surface area (Å²) in [7, 11) is 0. The SMILES string of the molecule is O=C(c1ccnc(N2CCCC2)c1)N1CCOCC1. The minimum absolute atomic E-state index is 0.0890. The molecule has 102 valence electrons. The molecule has 0 atom stereocenters. The van der Waals surface area contributed by atoms with Crippen molar-refractivity contribution in [1.29, 1.82) is 0 Å². The molecule has 0 aliphatic carbocycles. The molecule has 5 nitrogen and oxygen atoms in total. The molecule has 0 N–H and O–H groups in total. The molecule has 5 heteroatoms. The normalized spacial score (nSPS) is 19.8. The molecule has 3 heterocycles. The number of carbonyl (C=O) groups is 1. The minimum Gasteiger partial charge on any atom is -0.378 e. The Labute approximate surface area is 113 Å². The van der Waals surface area contributed by atoms with Crippen LogP contribution in [0, 0.1) is 0 Å². The van der Waals surface area contributed by atoms with Crippen molar-refractivity contribution in [3.05, 3.63) is 23.9 Å². The third kappa shape index (κ3) is 2.71. The molecule has 3 rings (SSSR count). The average Bonchev–Trinajstić information content (AvgIpc) is 3.02. The lowest BCUT2D eigenvalue weighted by Gasteiger charge is -2.27. The van der Waals surface area contributed by atoms with Gasteiger partial charge < -0.3 is 14.5 Å². The predicted molar refractivity (Wildman–Crippen MR) is 72.4 cm³/mol. The number of carbonyl (C=O) groups excluding carboxylic acids is 1. The summed E-state index contributed by atoms with van der Waals surface area (Å²) in [5, 5.41) is 0. The van der Waals surface area contributed by atoms with Gasteiger partial charge in [-0.15, -0.1) is 0 Å². The maximum Gasteiger partial charge on any atom is 0.254 e. The molecular weight excluding hydrogens is 242 g/mol. The number of rotatable bonds is 2. The van der Waals surface area contributed by atoms with Crippen LogP contribution in [0.15, 0.2) is 18.3 Å². The summed E-state index contributed by atoms with van der Waals surface area (Å²) in [5.74, 6) is 1.02. The van der Waals surface area contributed by atoms with Gasteiger partial charge in [-0.2, -0.15) is 0 Å². The Bertz CT molecular complexity index is 452. The Balaban J connectivity index is 1.76. The Kier molecular flexibility index (Phi) is 3.64. The molecule has 19 heavy (non-hydrogen) atoms. The van der Waals surface area contributed by atoms with Gasteiger partial charge in [0, 0.05) is 37.9 Å². The quantitative estimate of drug-likeness (QED) is 0.801. The van der Waals surface area contributed by atoms with Crippen LogP contribution in [0.3, 0.4) is 0 Å². The third-order valence-corrected chi connectivity index (χ3v) is 3.72. The number of hydrogen-bond acceptors (Lipinski definition) is 4. The van der Waals surface area contributed by atoms with E-state index in [4.69, 9.17) is 4.74 Å². The van der Waals surface area contributed by atoms with Crippen molar-refractivity contribution in [1.82, 2.24) is 9.88 Å². The number of aromatic nitrogens is 1. The maximum atomic E-state index is 12.4. The highest BCUT2D eigenvalue weighted by molar-refractivity contribution is 5.94. The van der Waals surface area contributed by atoms with Crippen LogP contribution in [0.5, 0.6) is 0 Å². The van der Waals surface area contributed by atoms with Gasteiger partial charge in [0.2, 0.25) is 0 Å². The minimum atomic E-state index is 0.0890. The van der Waals surface area contributed by atoms with E-state index in [2.05, 4.69) is 9.88 Å². The monoisotopic (exact) mass is 261 g/mol. The first-order valence-electron chi connectivity index (χ1n) is 6.92. The summed E-state index contributed by atoms with van der Waals surface area (Å²) in [6, 6.07) is 3.72. The van der Waals surface area contributed by atoms with E-state index in [0.717, 1.165) is 24.5 Å². The molecule has 2 aliphatic rings. The van der Waals surface area contributed by atoms with Crippen LogP contribution in [0.25, 0.3) is 0 Å². The first-order chi connectivity index (χ1) is 9.34. The summed E-state index contributed by atoms with van der Waals surface area (Å²) >= 11 is 0. The lowest BCUT2D eigenvalue weighted by molar-refractivity contribution is 0.0303. The van der Waals surface area contributed by atoms with E-state index in [9.17, 15) is 4.79 Å². The lowest BCUT2D eigenvalue weighted by atomic mass is 10.2. The van der Waals surface area contributed by atoms with Gasteiger partial charge in [-0.05, 0) is 25.0 Å². The molecule has 0 bridgehead atoms. The number of amides is 1. The summed E-state index contributed by atoms with van der Waals surface area (Å²) in [6.07, 6.45) is 4.16. The van der Waals surface area contributed by atoms with Crippen molar-refractivity contribution in [3.63, 3.8) is 0 Å². The number of hydrogen-bond donors (Lipinski definition) is 0. The van der Waals surface area contributed by atoms with E-state index >= 15 is 0 Å². The van der Waals surface area contributed by atoms with Crippen LogP contribution < -0.4 is 4.90 Å². The standard InChI is InChI=1S/C14H19N3O2/c18-14(17-7-9-19-10-8-17)12-3-4-15-13(11-12)16-5-1-2-6-16/h3-4,11H,1-2,5-10H2.